The molecule has 1 amide bonds. The van der Waals surface area contributed by atoms with Crippen molar-refractivity contribution in [3.63, 3.8) is 0 Å². The van der Waals surface area contributed by atoms with Gasteiger partial charge in [0.1, 0.15) is 5.82 Å². The zero-order valence-electron chi connectivity index (χ0n) is 13.3. The fraction of sp³-hybridized carbons (Fsp3) is 0.312. The van der Waals surface area contributed by atoms with Crippen molar-refractivity contribution >= 4 is 17.5 Å². The van der Waals surface area contributed by atoms with Crippen molar-refractivity contribution < 1.29 is 4.79 Å². The van der Waals surface area contributed by atoms with E-state index in [4.69, 9.17) is 0 Å². The van der Waals surface area contributed by atoms with Crippen molar-refractivity contribution in [2.75, 3.05) is 31.1 Å². The molecule has 0 aromatic carbocycles. The van der Waals surface area contributed by atoms with Crippen LogP contribution in [-0.4, -0.2) is 61.6 Å². The Morgan fingerprint density at radius 2 is 1.88 bits per heavy atom. The summed E-state index contributed by atoms with van der Waals surface area (Å²) in [6.07, 6.45) is 3.45. The Morgan fingerprint density at radius 1 is 1.04 bits per heavy atom. The number of hydrogen-bond acceptors (Lipinski definition) is 6. The highest BCUT2D eigenvalue weighted by atomic mass is 16.2. The second-order valence-corrected chi connectivity index (χ2v) is 5.70. The number of anilines is 1. The van der Waals surface area contributed by atoms with Gasteiger partial charge in [-0.3, -0.25) is 4.79 Å². The fourth-order valence-corrected chi connectivity index (χ4v) is 2.82. The number of piperazine rings is 1. The summed E-state index contributed by atoms with van der Waals surface area (Å²) in [5.74, 6) is 1.43. The molecule has 0 saturated carbocycles. The zero-order chi connectivity index (χ0) is 16.5. The highest BCUT2D eigenvalue weighted by Gasteiger charge is 2.25. The summed E-state index contributed by atoms with van der Waals surface area (Å²) < 4.78 is 1.59. The molecule has 0 unspecified atom stereocenters. The monoisotopic (exact) mass is 323 g/mol. The molecular formula is C16H17N7O. The summed E-state index contributed by atoms with van der Waals surface area (Å²) in [7, 11) is 0. The van der Waals surface area contributed by atoms with Gasteiger partial charge in [0.05, 0.1) is 0 Å². The van der Waals surface area contributed by atoms with E-state index in [1.54, 1.807) is 21.8 Å². The van der Waals surface area contributed by atoms with Gasteiger partial charge in [0.15, 0.2) is 0 Å². The molecule has 8 heteroatoms. The summed E-state index contributed by atoms with van der Waals surface area (Å²) >= 11 is 0. The lowest BCUT2D eigenvalue weighted by atomic mass is 10.3. The van der Waals surface area contributed by atoms with Crippen molar-refractivity contribution in [1.29, 1.82) is 0 Å². The third-order valence-corrected chi connectivity index (χ3v) is 4.16. The van der Waals surface area contributed by atoms with Crippen LogP contribution in [0.2, 0.25) is 0 Å². The summed E-state index contributed by atoms with van der Waals surface area (Å²) in [6, 6.07) is 7.68. The first-order chi connectivity index (χ1) is 11.7. The minimum absolute atomic E-state index is 0.152. The molecule has 1 saturated heterocycles. The normalized spacial score (nSPS) is 15.0. The molecule has 0 radical (unpaired) electrons. The van der Waals surface area contributed by atoms with Gasteiger partial charge in [-0.25, -0.2) is 14.5 Å². The summed E-state index contributed by atoms with van der Waals surface area (Å²) in [4.78, 5) is 29.4. The van der Waals surface area contributed by atoms with E-state index in [-0.39, 0.29) is 11.7 Å². The summed E-state index contributed by atoms with van der Waals surface area (Å²) in [5, 5.41) is 4.29. The van der Waals surface area contributed by atoms with E-state index in [0.29, 0.717) is 18.9 Å². The Kier molecular flexibility index (Phi) is 3.56. The zero-order valence-corrected chi connectivity index (χ0v) is 13.3. The average Bonchev–Trinajstić information content (AvgIpc) is 3.08. The van der Waals surface area contributed by atoms with E-state index in [2.05, 4.69) is 25.0 Å². The van der Waals surface area contributed by atoms with E-state index < -0.39 is 0 Å². The Bertz CT molecular complexity index is 869. The number of amides is 1. The van der Waals surface area contributed by atoms with Crippen LogP contribution < -0.4 is 4.90 Å². The first kappa shape index (κ1) is 14.6. The van der Waals surface area contributed by atoms with Gasteiger partial charge in [-0.05, 0) is 25.1 Å². The molecule has 1 fully saturated rings. The van der Waals surface area contributed by atoms with Crippen LogP contribution in [0.25, 0.3) is 5.78 Å². The first-order valence-electron chi connectivity index (χ1n) is 7.86. The molecule has 4 rings (SSSR count). The Hall–Kier alpha value is -3.03. The van der Waals surface area contributed by atoms with Crippen molar-refractivity contribution in [3.05, 3.63) is 48.2 Å². The van der Waals surface area contributed by atoms with Gasteiger partial charge < -0.3 is 9.80 Å². The molecule has 1 aliphatic heterocycles. The highest BCUT2D eigenvalue weighted by molar-refractivity contribution is 5.91. The van der Waals surface area contributed by atoms with Gasteiger partial charge >= 0.3 is 0 Å². The smallest absolute Gasteiger partial charge is 0.293 e. The topological polar surface area (TPSA) is 79.5 Å². The molecule has 0 atom stereocenters. The standard InChI is InChI=1S/C16H17N7O/c1-12-5-7-18-16-19-14(20-23(12)16)15(24)22-10-8-21(9-11-22)13-4-2-3-6-17-13/h2-7H,8-11H2,1H3. The number of hydrogen-bond donors (Lipinski definition) is 0. The minimum Gasteiger partial charge on any atom is -0.353 e. The molecule has 4 heterocycles. The predicted molar refractivity (Wildman–Crippen MR) is 87.9 cm³/mol. The molecule has 8 nitrogen and oxygen atoms in total. The number of rotatable bonds is 2. The molecule has 0 aliphatic carbocycles. The average molecular weight is 323 g/mol. The van der Waals surface area contributed by atoms with Gasteiger partial charge in [0, 0.05) is 44.3 Å². The molecule has 122 valence electrons. The number of aryl methyl sites for hydroxylation is 1. The Morgan fingerprint density at radius 3 is 2.58 bits per heavy atom. The van der Waals surface area contributed by atoms with Crippen LogP contribution >= 0.6 is 0 Å². The van der Waals surface area contributed by atoms with Crippen molar-refractivity contribution in [2.24, 2.45) is 0 Å². The van der Waals surface area contributed by atoms with Crippen LogP contribution in [0.1, 0.15) is 16.3 Å². The quantitative estimate of drug-likeness (QED) is 0.694. The van der Waals surface area contributed by atoms with Gasteiger partial charge in [-0.1, -0.05) is 6.07 Å². The molecule has 3 aromatic heterocycles. The van der Waals surface area contributed by atoms with E-state index in [0.717, 1.165) is 24.6 Å². The van der Waals surface area contributed by atoms with Crippen molar-refractivity contribution in [3.8, 4) is 0 Å². The molecular weight excluding hydrogens is 306 g/mol. The third kappa shape index (κ3) is 2.55. The summed E-state index contributed by atoms with van der Waals surface area (Å²) in [5.41, 5.74) is 0.895. The second-order valence-electron chi connectivity index (χ2n) is 5.70. The number of carbonyl (C=O) groups excluding carboxylic acids is 1. The fourth-order valence-electron chi connectivity index (χ4n) is 2.82. The Labute approximate surface area is 138 Å². The summed E-state index contributed by atoms with van der Waals surface area (Å²) in [6.45, 7) is 4.64. The van der Waals surface area contributed by atoms with Crippen LogP contribution in [0.3, 0.4) is 0 Å². The lowest BCUT2D eigenvalue weighted by molar-refractivity contribution is 0.0734. The first-order valence-corrected chi connectivity index (χ1v) is 7.86. The van der Waals surface area contributed by atoms with Gasteiger partial charge in [-0.15, -0.1) is 5.10 Å². The van der Waals surface area contributed by atoms with Gasteiger partial charge in [-0.2, -0.15) is 4.98 Å². The van der Waals surface area contributed by atoms with Gasteiger partial charge in [0.25, 0.3) is 11.7 Å². The number of pyridine rings is 1. The predicted octanol–water partition coefficient (Wildman–Crippen LogP) is 0.790. The molecule has 0 N–H and O–H groups in total. The highest BCUT2D eigenvalue weighted by Crippen LogP contribution is 2.14. The number of aromatic nitrogens is 5. The number of carbonyl (C=O) groups is 1. The van der Waals surface area contributed by atoms with Gasteiger partial charge in [0.2, 0.25) is 5.82 Å². The Balaban J connectivity index is 1.48. The maximum Gasteiger partial charge on any atom is 0.293 e. The number of nitrogens with zero attached hydrogens (tertiary/aromatic N) is 7. The van der Waals surface area contributed by atoms with Crippen LogP contribution in [-0.2, 0) is 0 Å². The van der Waals surface area contributed by atoms with E-state index >= 15 is 0 Å². The van der Waals surface area contributed by atoms with Crippen molar-refractivity contribution in [1.82, 2.24) is 29.5 Å². The van der Waals surface area contributed by atoms with Crippen LogP contribution in [0.4, 0.5) is 5.82 Å². The molecule has 0 bridgehead atoms. The number of fused-ring (bicyclic) bond motifs is 1. The third-order valence-electron chi connectivity index (χ3n) is 4.16. The largest absolute Gasteiger partial charge is 0.353 e. The van der Waals surface area contributed by atoms with E-state index in [9.17, 15) is 4.79 Å². The maximum absolute atomic E-state index is 12.6. The van der Waals surface area contributed by atoms with Crippen LogP contribution in [0.15, 0.2) is 36.7 Å². The van der Waals surface area contributed by atoms with Crippen molar-refractivity contribution in [2.45, 2.75) is 6.92 Å². The molecule has 24 heavy (non-hydrogen) atoms. The lowest BCUT2D eigenvalue weighted by Crippen LogP contribution is -2.49. The molecule has 3 aromatic rings. The lowest BCUT2D eigenvalue weighted by Gasteiger charge is -2.34. The minimum atomic E-state index is -0.152. The molecule has 0 spiro atoms. The SMILES string of the molecule is Cc1ccnc2nc(C(=O)N3CCN(c4ccccn4)CC3)nn12. The van der Waals surface area contributed by atoms with Crippen LogP contribution in [0, 0.1) is 6.92 Å². The van der Waals surface area contributed by atoms with E-state index in [1.807, 2.05) is 31.2 Å². The molecule has 1 aliphatic rings. The van der Waals surface area contributed by atoms with E-state index in [1.165, 1.54) is 0 Å². The van der Waals surface area contributed by atoms with Crippen LogP contribution in [0.5, 0.6) is 0 Å². The maximum atomic E-state index is 12.6. The second kappa shape index (κ2) is 5.88.